The van der Waals surface area contributed by atoms with Gasteiger partial charge in [-0.25, -0.2) is 0 Å². The van der Waals surface area contributed by atoms with Crippen molar-refractivity contribution < 1.29 is 9.90 Å². The molecule has 6 atom stereocenters. The summed E-state index contributed by atoms with van der Waals surface area (Å²) < 4.78 is 0. The van der Waals surface area contributed by atoms with Crippen LogP contribution in [0.15, 0.2) is 0 Å². The van der Waals surface area contributed by atoms with Crippen molar-refractivity contribution >= 4 is 5.91 Å². The molecule has 5 heteroatoms. The Kier molecular flexibility index (Phi) is 2.65. The van der Waals surface area contributed by atoms with Gasteiger partial charge in [0, 0.05) is 6.04 Å². The van der Waals surface area contributed by atoms with Crippen molar-refractivity contribution in [2.75, 3.05) is 0 Å². The van der Waals surface area contributed by atoms with Crippen LogP contribution in [0.5, 0.6) is 0 Å². The minimum atomic E-state index is -0.594. The van der Waals surface area contributed by atoms with Crippen LogP contribution in [0.4, 0.5) is 0 Å². The van der Waals surface area contributed by atoms with Gasteiger partial charge in [0.2, 0.25) is 5.91 Å². The van der Waals surface area contributed by atoms with Crippen LogP contribution in [0.1, 0.15) is 51.4 Å². The molecule has 1 amide bonds. The Morgan fingerprint density at radius 2 is 1.91 bits per heavy atom. The number of hydrogen-bond donors (Lipinski definition) is 2. The quantitative estimate of drug-likeness (QED) is 0.800. The largest absolute Gasteiger partial charge is 0.390 e. The fourth-order valence-corrected chi connectivity index (χ4v) is 6.96. The summed E-state index contributed by atoms with van der Waals surface area (Å²) in [5.41, 5.74) is 5.71. The van der Waals surface area contributed by atoms with Crippen molar-refractivity contribution in [2.24, 2.45) is 28.9 Å². The number of fused-ring (bicyclic) bond motifs is 1. The van der Waals surface area contributed by atoms with E-state index in [0.717, 1.165) is 38.5 Å². The molecule has 0 aromatic rings. The minimum Gasteiger partial charge on any atom is -0.390 e. The maximum Gasteiger partial charge on any atom is 0.241 e. The third kappa shape index (κ3) is 1.88. The van der Waals surface area contributed by atoms with Crippen molar-refractivity contribution in [3.63, 3.8) is 0 Å². The van der Waals surface area contributed by atoms with Gasteiger partial charge in [0.05, 0.1) is 17.7 Å². The van der Waals surface area contributed by atoms with Crippen molar-refractivity contribution in [3.05, 3.63) is 0 Å². The summed E-state index contributed by atoms with van der Waals surface area (Å²) in [6, 6.07) is 1.72. The van der Waals surface area contributed by atoms with Crippen LogP contribution in [-0.2, 0) is 4.79 Å². The highest BCUT2D eigenvalue weighted by molar-refractivity contribution is 5.84. The monoisotopic (exact) mass is 315 g/mol. The summed E-state index contributed by atoms with van der Waals surface area (Å²) in [5.74, 6) is 1.56. The molecule has 1 heterocycles. The molecule has 1 saturated heterocycles. The molecule has 4 bridgehead atoms. The van der Waals surface area contributed by atoms with E-state index in [4.69, 9.17) is 5.73 Å². The SMILES string of the molecule is N#CC1C[C@@H]2C[C@@H]2N1C(=O)C(N)C12CC3CC(CC(O)(C3)C1)C2. The van der Waals surface area contributed by atoms with Crippen molar-refractivity contribution in [1.29, 1.82) is 5.26 Å². The molecule has 6 aliphatic rings. The number of likely N-dealkylation sites (tertiary alicyclic amines) is 1. The standard InChI is InChI=1S/C18H25N3O2/c19-8-13-2-12-3-14(12)21(13)16(22)15(20)17-4-10-1-11(5-17)7-18(23,6-10)9-17/h10-15,23H,1-7,9,20H2/t10?,11?,12-,13?,14+,15?,17?,18?/m1/s1. The van der Waals surface area contributed by atoms with Gasteiger partial charge in [-0.15, -0.1) is 0 Å². The first-order valence-electron chi connectivity index (χ1n) is 9.13. The van der Waals surface area contributed by atoms with E-state index in [9.17, 15) is 15.2 Å². The topological polar surface area (TPSA) is 90.4 Å². The van der Waals surface area contributed by atoms with Crippen LogP contribution < -0.4 is 5.73 Å². The average Bonchev–Trinajstić information content (AvgIpc) is 3.14. The van der Waals surface area contributed by atoms with E-state index in [-0.39, 0.29) is 23.4 Å². The lowest BCUT2D eigenvalue weighted by Crippen LogP contribution is -2.64. The highest BCUT2D eigenvalue weighted by Crippen LogP contribution is 2.63. The van der Waals surface area contributed by atoms with Gasteiger partial charge in [0.15, 0.2) is 0 Å². The summed E-state index contributed by atoms with van der Waals surface area (Å²) in [5, 5.41) is 20.2. The zero-order chi connectivity index (χ0) is 16.0. The molecule has 124 valence electrons. The summed E-state index contributed by atoms with van der Waals surface area (Å²) in [6.07, 6.45) is 7.48. The van der Waals surface area contributed by atoms with Crippen molar-refractivity contribution in [2.45, 2.75) is 75.1 Å². The Morgan fingerprint density at radius 1 is 1.22 bits per heavy atom. The van der Waals surface area contributed by atoms with E-state index in [1.54, 1.807) is 4.90 Å². The third-order valence-electron chi connectivity index (χ3n) is 7.51. The molecule has 5 saturated carbocycles. The Balaban J connectivity index is 1.43. The highest BCUT2D eigenvalue weighted by atomic mass is 16.3. The van der Waals surface area contributed by atoms with Crippen LogP contribution >= 0.6 is 0 Å². The van der Waals surface area contributed by atoms with Crippen LogP contribution in [0.2, 0.25) is 0 Å². The van der Waals surface area contributed by atoms with Gasteiger partial charge < -0.3 is 15.7 Å². The van der Waals surface area contributed by atoms with E-state index in [1.165, 1.54) is 6.42 Å². The number of aliphatic hydroxyl groups is 1. The number of amides is 1. The van der Waals surface area contributed by atoms with E-state index in [0.29, 0.717) is 24.2 Å². The number of rotatable bonds is 2. The predicted molar refractivity (Wildman–Crippen MR) is 82.8 cm³/mol. The predicted octanol–water partition coefficient (Wildman–Crippen LogP) is 1.16. The first kappa shape index (κ1) is 14.2. The lowest BCUT2D eigenvalue weighted by atomic mass is 9.46. The van der Waals surface area contributed by atoms with Crippen molar-refractivity contribution in [1.82, 2.24) is 4.90 Å². The number of hydrogen-bond acceptors (Lipinski definition) is 4. The Hall–Kier alpha value is -1.12. The summed E-state index contributed by atoms with van der Waals surface area (Å²) in [4.78, 5) is 14.9. The minimum absolute atomic E-state index is 0.0212. The molecule has 0 spiro atoms. The number of carbonyl (C=O) groups excluding carboxylic acids is 1. The second-order valence-electron chi connectivity index (χ2n) is 9.21. The molecule has 0 aromatic heterocycles. The molecule has 3 N–H and O–H groups in total. The maximum atomic E-state index is 13.1. The van der Waals surface area contributed by atoms with Crippen LogP contribution in [0.3, 0.4) is 0 Å². The summed E-state index contributed by atoms with van der Waals surface area (Å²) in [7, 11) is 0. The zero-order valence-electron chi connectivity index (χ0n) is 13.4. The maximum absolute atomic E-state index is 13.1. The van der Waals surface area contributed by atoms with Gasteiger partial charge in [0.25, 0.3) is 0 Å². The molecule has 1 aliphatic heterocycles. The van der Waals surface area contributed by atoms with Crippen molar-refractivity contribution in [3.8, 4) is 6.07 Å². The van der Waals surface area contributed by atoms with Gasteiger partial charge in [0.1, 0.15) is 6.04 Å². The second kappa shape index (κ2) is 4.29. The number of nitriles is 1. The summed E-state index contributed by atoms with van der Waals surface area (Å²) >= 11 is 0. The van der Waals surface area contributed by atoms with E-state index in [2.05, 4.69) is 6.07 Å². The van der Waals surface area contributed by atoms with Gasteiger partial charge in [-0.05, 0) is 74.5 Å². The fourth-order valence-electron chi connectivity index (χ4n) is 6.96. The van der Waals surface area contributed by atoms with E-state index < -0.39 is 11.6 Å². The Bertz CT molecular complexity index is 598. The fraction of sp³-hybridized carbons (Fsp3) is 0.889. The number of carbonyl (C=O) groups is 1. The molecular weight excluding hydrogens is 290 g/mol. The van der Waals surface area contributed by atoms with Crippen LogP contribution in [0.25, 0.3) is 0 Å². The molecular formula is C18H25N3O2. The van der Waals surface area contributed by atoms with Gasteiger partial charge >= 0.3 is 0 Å². The highest BCUT2D eigenvalue weighted by Gasteiger charge is 2.62. The number of nitrogens with zero attached hydrogens (tertiary/aromatic N) is 2. The van der Waals surface area contributed by atoms with E-state index in [1.807, 2.05) is 0 Å². The molecule has 4 unspecified atom stereocenters. The van der Waals surface area contributed by atoms with Gasteiger partial charge in [-0.2, -0.15) is 5.26 Å². The molecule has 5 nitrogen and oxygen atoms in total. The first-order chi connectivity index (χ1) is 10.9. The first-order valence-corrected chi connectivity index (χ1v) is 9.13. The molecule has 5 aliphatic carbocycles. The lowest BCUT2D eigenvalue weighted by molar-refractivity contribution is -0.177. The number of piperidine rings is 1. The Morgan fingerprint density at radius 3 is 2.52 bits per heavy atom. The molecule has 0 radical (unpaired) electrons. The molecule has 6 fully saturated rings. The lowest BCUT2D eigenvalue weighted by Gasteiger charge is -2.61. The third-order valence-corrected chi connectivity index (χ3v) is 7.51. The average molecular weight is 315 g/mol. The Labute approximate surface area is 136 Å². The van der Waals surface area contributed by atoms with E-state index >= 15 is 0 Å². The van der Waals surface area contributed by atoms with Crippen LogP contribution in [0, 0.1) is 34.5 Å². The molecule has 6 rings (SSSR count). The summed E-state index contributed by atoms with van der Waals surface area (Å²) in [6.45, 7) is 0. The zero-order valence-corrected chi connectivity index (χ0v) is 13.4. The smallest absolute Gasteiger partial charge is 0.241 e. The van der Waals surface area contributed by atoms with Crippen LogP contribution in [-0.4, -0.2) is 39.6 Å². The molecule has 23 heavy (non-hydrogen) atoms. The number of nitrogens with two attached hydrogens (primary N) is 1. The van der Waals surface area contributed by atoms with Gasteiger partial charge in [-0.1, -0.05) is 0 Å². The normalized spacial score (nSPS) is 53.8. The van der Waals surface area contributed by atoms with Gasteiger partial charge in [-0.3, -0.25) is 4.79 Å². The molecule has 0 aromatic carbocycles. The second-order valence-corrected chi connectivity index (χ2v) is 9.21.